The fourth-order valence-electron chi connectivity index (χ4n) is 6.96. The molecule has 0 radical (unpaired) electrons. The van der Waals surface area contributed by atoms with Crippen molar-refractivity contribution in [1.29, 1.82) is 0 Å². The van der Waals surface area contributed by atoms with E-state index >= 15 is 0 Å². The van der Waals surface area contributed by atoms with E-state index in [0.717, 1.165) is 6.42 Å². The molecule has 4 aromatic rings. The lowest BCUT2D eigenvalue weighted by Crippen LogP contribution is -2.56. The molecule has 3 aromatic carbocycles. The second kappa shape index (κ2) is 7.63. The van der Waals surface area contributed by atoms with Crippen LogP contribution in [0.3, 0.4) is 0 Å². The minimum Gasteiger partial charge on any atom is -0.334 e. The molecule has 168 valence electrons. The summed E-state index contributed by atoms with van der Waals surface area (Å²) in [5, 5.41) is 0. The molecule has 1 nitrogen and oxygen atoms in total. The van der Waals surface area contributed by atoms with Crippen molar-refractivity contribution in [3.8, 4) is 11.3 Å². The topological polar surface area (TPSA) is 4.93 Å². The van der Waals surface area contributed by atoms with Gasteiger partial charge >= 0.3 is 0 Å². The van der Waals surface area contributed by atoms with Crippen LogP contribution in [0, 0.1) is 41.5 Å². The van der Waals surface area contributed by atoms with Gasteiger partial charge in [0.05, 0.1) is 6.04 Å². The molecule has 34 heavy (non-hydrogen) atoms. The summed E-state index contributed by atoms with van der Waals surface area (Å²) in [7, 11) is 0. The number of nitrogens with zero attached hydrogens (tertiary/aromatic N) is 1. The first-order valence-electron chi connectivity index (χ1n) is 12.5. The van der Waals surface area contributed by atoms with E-state index in [2.05, 4.69) is 113 Å². The summed E-state index contributed by atoms with van der Waals surface area (Å²) in [6.45, 7) is 13.8. The van der Waals surface area contributed by atoms with Gasteiger partial charge in [-0.05, 0) is 71.1 Å². The predicted molar refractivity (Wildman–Crippen MR) is 148 cm³/mol. The van der Waals surface area contributed by atoms with Crippen LogP contribution in [-0.4, -0.2) is 11.3 Å². The van der Waals surface area contributed by atoms with Crippen molar-refractivity contribution in [3.63, 3.8) is 0 Å². The summed E-state index contributed by atoms with van der Waals surface area (Å²) < 4.78 is 2.62. The second-order valence-corrected chi connectivity index (χ2v) is 10.5. The number of hydrogen-bond acceptors (Lipinski definition) is 0. The quantitative estimate of drug-likeness (QED) is 0.352. The lowest BCUT2D eigenvalue weighted by Gasteiger charge is -2.26. The molecule has 0 N–H and O–H groups in total. The number of fused-ring (bicyclic) bond motifs is 3. The monoisotopic (exact) mass is 441 g/mol. The predicted octanol–water partition coefficient (Wildman–Crippen LogP) is 5.84. The van der Waals surface area contributed by atoms with Crippen LogP contribution in [0.25, 0.3) is 17.3 Å². The van der Waals surface area contributed by atoms with E-state index < -0.39 is 0 Å². The largest absolute Gasteiger partial charge is 0.334 e. The van der Waals surface area contributed by atoms with Gasteiger partial charge in [-0.25, -0.2) is 0 Å². The van der Waals surface area contributed by atoms with Crippen LogP contribution < -0.4 is 16.4 Å². The molecule has 1 atom stereocenters. The average Bonchev–Trinajstić information content (AvgIpc) is 3.31. The van der Waals surface area contributed by atoms with Crippen molar-refractivity contribution in [2.45, 2.75) is 54.0 Å². The fraction of sp³-hybridized carbons (Fsp3) is 0.250. The van der Waals surface area contributed by atoms with Crippen LogP contribution in [0.4, 0.5) is 0 Å². The number of allylic oxidation sites excluding steroid dienone is 1. The summed E-state index contributed by atoms with van der Waals surface area (Å²) in [6.07, 6.45) is 5.84. The molecule has 0 saturated carbocycles. The highest BCUT2D eigenvalue weighted by Crippen LogP contribution is 2.44. The van der Waals surface area contributed by atoms with Gasteiger partial charge in [-0.1, -0.05) is 98.9 Å². The molecule has 0 fully saturated rings. The van der Waals surface area contributed by atoms with Crippen LogP contribution in [0.15, 0.2) is 60.7 Å². The van der Waals surface area contributed by atoms with E-state index in [1.807, 2.05) is 0 Å². The molecular formula is C32H32BN. The molecule has 2 aliphatic heterocycles. The number of hydrogen-bond donors (Lipinski definition) is 0. The Bertz CT molecular complexity index is 1400. The minimum atomic E-state index is 0.213. The maximum absolute atomic E-state index is 2.62. The molecule has 0 unspecified atom stereocenters. The Kier molecular flexibility index (Phi) is 4.78. The zero-order valence-electron chi connectivity index (χ0n) is 21.2. The number of rotatable bonds is 3. The second-order valence-electron chi connectivity index (χ2n) is 10.5. The molecule has 0 aliphatic carbocycles. The van der Waals surface area contributed by atoms with Crippen LogP contribution in [-0.2, 0) is 0 Å². The fourth-order valence-corrected chi connectivity index (χ4v) is 6.96. The SMILES string of the molecule is Cc1cc(C)c(B(c2cc3n4c2C=CC[C@@H]4c2ccccc2-3)c2c(C)cc(C)cc2C)c(C)c1. The average molecular weight is 441 g/mol. The van der Waals surface area contributed by atoms with Crippen molar-refractivity contribution in [2.24, 2.45) is 0 Å². The first-order chi connectivity index (χ1) is 16.3. The maximum atomic E-state index is 2.62. The van der Waals surface area contributed by atoms with Crippen LogP contribution in [0.1, 0.15) is 57.1 Å². The summed E-state index contributed by atoms with van der Waals surface area (Å²) >= 11 is 0. The highest BCUT2D eigenvalue weighted by Gasteiger charge is 2.37. The molecule has 2 heteroatoms. The van der Waals surface area contributed by atoms with Gasteiger partial charge in [0.15, 0.2) is 0 Å². The van der Waals surface area contributed by atoms with Gasteiger partial charge in [-0.2, -0.15) is 0 Å². The van der Waals surface area contributed by atoms with Gasteiger partial charge < -0.3 is 4.57 Å². The molecule has 0 amide bonds. The Morgan fingerprint density at radius 2 is 1.29 bits per heavy atom. The molecule has 2 aliphatic rings. The summed E-state index contributed by atoms with van der Waals surface area (Å²) in [5.41, 5.74) is 18.2. The van der Waals surface area contributed by atoms with Gasteiger partial charge in [0.25, 0.3) is 0 Å². The molecule has 0 spiro atoms. The van der Waals surface area contributed by atoms with Crippen LogP contribution in [0.2, 0.25) is 0 Å². The van der Waals surface area contributed by atoms with E-state index in [4.69, 9.17) is 0 Å². The van der Waals surface area contributed by atoms with Gasteiger partial charge in [0.2, 0.25) is 6.71 Å². The van der Waals surface area contributed by atoms with Crippen molar-refractivity contribution in [3.05, 3.63) is 105 Å². The van der Waals surface area contributed by atoms with Crippen molar-refractivity contribution < 1.29 is 0 Å². The van der Waals surface area contributed by atoms with Gasteiger partial charge in [0, 0.05) is 17.0 Å². The molecular weight excluding hydrogens is 409 g/mol. The Hall–Kier alpha value is -3.26. The molecule has 6 rings (SSSR count). The van der Waals surface area contributed by atoms with Gasteiger partial charge in [-0.3, -0.25) is 0 Å². The zero-order valence-corrected chi connectivity index (χ0v) is 21.2. The Morgan fingerprint density at radius 1 is 0.735 bits per heavy atom. The third-order valence-electron chi connectivity index (χ3n) is 8.01. The van der Waals surface area contributed by atoms with Gasteiger partial charge in [0.1, 0.15) is 0 Å². The highest BCUT2D eigenvalue weighted by atomic mass is 15.1. The Morgan fingerprint density at radius 3 is 1.88 bits per heavy atom. The van der Waals surface area contributed by atoms with Gasteiger partial charge in [-0.15, -0.1) is 0 Å². The maximum Gasteiger partial charge on any atom is 0.245 e. The molecule has 0 bridgehead atoms. The standard InChI is InChI=1S/C32H32BN/c1-19-14-21(3)31(22(4)15-19)33(32-23(5)16-20(2)17-24(32)6)27-18-30-26-11-8-7-10-25(26)28-12-9-13-29(27)34(28)30/h7-11,13-18,28H,12H2,1-6H3/t28-/m1/s1. The van der Waals surface area contributed by atoms with E-state index in [9.17, 15) is 0 Å². The van der Waals surface area contributed by atoms with Crippen molar-refractivity contribution >= 4 is 29.2 Å². The zero-order chi connectivity index (χ0) is 23.7. The summed E-state index contributed by atoms with van der Waals surface area (Å²) in [6, 6.07) is 21.3. The van der Waals surface area contributed by atoms with E-state index in [1.165, 1.54) is 72.3 Å². The summed E-state index contributed by atoms with van der Waals surface area (Å²) in [4.78, 5) is 0. The smallest absolute Gasteiger partial charge is 0.245 e. The minimum absolute atomic E-state index is 0.213. The first-order valence-corrected chi connectivity index (χ1v) is 12.5. The van der Waals surface area contributed by atoms with Crippen LogP contribution >= 0.6 is 0 Å². The molecule has 3 heterocycles. The third kappa shape index (κ3) is 3.01. The van der Waals surface area contributed by atoms with Crippen molar-refractivity contribution in [2.75, 3.05) is 0 Å². The van der Waals surface area contributed by atoms with E-state index in [-0.39, 0.29) is 6.71 Å². The number of aromatic nitrogens is 1. The Balaban J connectivity index is 1.69. The number of benzene rings is 3. The van der Waals surface area contributed by atoms with E-state index in [1.54, 1.807) is 0 Å². The lowest BCUT2D eigenvalue weighted by atomic mass is 9.34. The first kappa shape index (κ1) is 21.3. The Labute approximate surface area is 204 Å². The molecule has 0 saturated heterocycles. The normalized spacial score (nSPS) is 15.4. The lowest BCUT2D eigenvalue weighted by molar-refractivity contribution is 0.612. The molecule has 1 aromatic heterocycles. The summed E-state index contributed by atoms with van der Waals surface area (Å²) in [5.74, 6) is 0. The highest BCUT2D eigenvalue weighted by molar-refractivity contribution is 6.97. The number of aryl methyl sites for hydroxylation is 6. The third-order valence-corrected chi connectivity index (χ3v) is 8.01. The van der Waals surface area contributed by atoms with Crippen LogP contribution in [0.5, 0.6) is 0 Å². The van der Waals surface area contributed by atoms with E-state index in [0.29, 0.717) is 6.04 Å². The van der Waals surface area contributed by atoms with Crippen molar-refractivity contribution in [1.82, 2.24) is 4.57 Å².